The second kappa shape index (κ2) is 3.84. The van der Waals surface area contributed by atoms with Crippen LogP contribution in [-0.4, -0.2) is 11.5 Å². The number of ether oxygens (including phenoxy) is 1. The third-order valence-electron chi connectivity index (χ3n) is 4.11. The van der Waals surface area contributed by atoms with Gasteiger partial charge in [0.05, 0.1) is 0 Å². The van der Waals surface area contributed by atoms with Gasteiger partial charge in [0.15, 0.2) is 0 Å². The van der Waals surface area contributed by atoms with E-state index in [0.717, 1.165) is 24.8 Å². The topological polar surface area (TPSA) is 52.3 Å². The standard InChI is InChI=1S/C14H17NO2/c15-14(7-6-11-8-12(11)14)13(16)17-9-10-4-2-1-3-5-10/h1-5,11-12H,6-9,15H2. The molecule has 2 aliphatic rings. The first kappa shape index (κ1) is 10.8. The van der Waals surface area contributed by atoms with Gasteiger partial charge in [0.2, 0.25) is 0 Å². The Hall–Kier alpha value is -1.35. The molecular weight excluding hydrogens is 214 g/mol. The van der Waals surface area contributed by atoms with E-state index in [-0.39, 0.29) is 5.97 Å². The summed E-state index contributed by atoms with van der Waals surface area (Å²) in [7, 11) is 0. The lowest BCUT2D eigenvalue weighted by Crippen LogP contribution is -2.49. The number of benzene rings is 1. The van der Waals surface area contributed by atoms with Crippen LogP contribution < -0.4 is 5.73 Å². The SMILES string of the molecule is NC1(C(=O)OCc2ccccc2)CCC2CC21. The van der Waals surface area contributed by atoms with E-state index in [4.69, 9.17) is 10.5 Å². The van der Waals surface area contributed by atoms with Gasteiger partial charge in [-0.05, 0) is 36.7 Å². The highest BCUT2D eigenvalue weighted by atomic mass is 16.5. The molecule has 3 heteroatoms. The van der Waals surface area contributed by atoms with Crippen molar-refractivity contribution >= 4 is 5.97 Å². The number of carbonyl (C=O) groups excluding carboxylic acids is 1. The summed E-state index contributed by atoms with van der Waals surface area (Å²) in [5.74, 6) is 0.849. The third kappa shape index (κ3) is 1.84. The lowest BCUT2D eigenvalue weighted by Gasteiger charge is -2.23. The van der Waals surface area contributed by atoms with Gasteiger partial charge in [0.25, 0.3) is 0 Å². The molecule has 2 N–H and O–H groups in total. The molecule has 0 amide bonds. The first-order chi connectivity index (χ1) is 8.20. The molecule has 2 fully saturated rings. The van der Waals surface area contributed by atoms with Crippen LogP contribution in [0.25, 0.3) is 0 Å². The second-order valence-corrected chi connectivity index (χ2v) is 5.24. The van der Waals surface area contributed by atoms with Gasteiger partial charge in [-0.1, -0.05) is 30.3 Å². The summed E-state index contributed by atoms with van der Waals surface area (Å²) >= 11 is 0. The first-order valence-electron chi connectivity index (χ1n) is 6.20. The fourth-order valence-corrected chi connectivity index (χ4v) is 2.92. The fourth-order valence-electron chi connectivity index (χ4n) is 2.92. The molecule has 0 heterocycles. The van der Waals surface area contributed by atoms with Gasteiger partial charge < -0.3 is 10.5 Å². The van der Waals surface area contributed by atoms with Crippen LogP contribution in [0.3, 0.4) is 0 Å². The van der Waals surface area contributed by atoms with Crippen LogP contribution >= 0.6 is 0 Å². The Morgan fingerprint density at radius 2 is 2.18 bits per heavy atom. The van der Waals surface area contributed by atoms with Crippen molar-refractivity contribution in [2.24, 2.45) is 17.6 Å². The maximum atomic E-state index is 12.0. The third-order valence-corrected chi connectivity index (χ3v) is 4.11. The van der Waals surface area contributed by atoms with Crippen LogP contribution in [0.2, 0.25) is 0 Å². The van der Waals surface area contributed by atoms with Crippen molar-refractivity contribution in [1.82, 2.24) is 0 Å². The van der Waals surface area contributed by atoms with Crippen molar-refractivity contribution in [3.05, 3.63) is 35.9 Å². The highest BCUT2D eigenvalue weighted by molar-refractivity contribution is 5.82. The Morgan fingerprint density at radius 3 is 2.76 bits per heavy atom. The van der Waals surface area contributed by atoms with Crippen LogP contribution in [0.4, 0.5) is 0 Å². The van der Waals surface area contributed by atoms with Crippen molar-refractivity contribution in [3.63, 3.8) is 0 Å². The Kier molecular flexibility index (Phi) is 2.44. The Morgan fingerprint density at radius 1 is 1.41 bits per heavy atom. The average molecular weight is 231 g/mol. The number of esters is 1. The Labute approximate surface area is 101 Å². The highest BCUT2D eigenvalue weighted by Gasteiger charge is 2.60. The minimum Gasteiger partial charge on any atom is -0.459 e. The van der Waals surface area contributed by atoms with E-state index >= 15 is 0 Å². The Bertz CT molecular complexity index is 431. The summed E-state index contributed by atoms with van der Waals surface area (Å²) in [6.07, 6.45) is 2.98. The van der Waals surface area contributed by atoms with Crippen molar-refractivity contribution in [3.8, 4) is 0 Å². The van der Waals surface area contributed by atoms with Crippen molar-refractivity contribution in [2.45, 2.75) is 31.4 Å². The van der Waals surface area contributed by atoms with Crippen LogP contribution in [0.5, 0.6) is 0 Å². The normalized spacial score (nSPS) is 34.2. The number of hydrogen-bond donors (Lipinski definition) is 1. The molecule has 0 radical (unpaired) electrons. The minimum atomic E-state index is -0.695. The number of rotatable bonds is 3. The number of hydrogen-bond acceptors (Lipinski definition) is 3. The summed E-state index contributed by atoms with van der Waals surface area (Å²) in [4.78, 5) is 12.0. The molecule has 0 saturated heterocycles. The molecule has 3 nitrogen and oxygen atoms in total. The summed E-state index contributed by atoms with van der Waals surface area (Å²) in [6, 6.07) is 9.72. The van der Waals surface area contributed by atoms with Gasteiger partial charge in [0.1, 0.15) is 12.1 Å². The van der Waals surface area contributed by atoms with Crippen LogP contribution in [0.15, 0.2) is 30.3 Å². The molecule has 2 saturated carbocycles. The van der Waals surface area contributed by atoms with Crippen LogP contribution in [-0.2, 0) is 16.1 Å². The zero-order chi connectivity index (χ0) is 11.9. The van der Waals surface area contributed by atoms with E-state index < -0.39 is 5.54 Å². The molecule has 1 aromatic rings. The van der Waals surface area contributed by atoms with Crippen molar-refractivity contribution < 1.29 is 9.53 Å². The number of fused-ring (bicyclic) bond motifs is 1. The molecule has 17 heavy (non-hydrogen) atoms. The molecule has 3 rings (SSSR count). The van der Waals surface area contributed by atoms with E-state index in [1.807, 2.05) is 30.3 Å². The van der Waals surface area contributed by atoms with E-state index in [2.05, 4.69) is 0 Å². The smallest absolute Gasteiger partial charge is 0.326 e. The molecule has 0 bridgehead atoms. The van der Waals surface area contributed by atoms with Crippen LogP contribution in [0, 0.1) is 11.8 Å². The zero-order valence-corrected chi connectivity index (χ0v) is 9.76. The molecule has 0 aromatic heterocycles. The Balaban J connectivity index is 1.61. The molecule has 0 spiro atoms. The van der Waals surface area contributed by atoms with E-state index in [9.17, 15) is 4.79 Å². The maximum Gasteiger partial charge on any atom is 0.326 e. The van der Waals surface area contributed by atoms with Gasteiger partial charge in [-0.2, -0.15) is 0 Å². The second-order valence-electron chi connectivity index (χ2n) is 5.24. The lowest BCUT2D eigenvalue weighted by atomic mass is 9.95. The molecule has 3 atom stereocenters. The minimum absolute atomic E-state index is 0.216. The highest BCUT2D eigenvalue weighted by Crippen LogP contribution is 2.56. The number of carbonyl (C=O) groups is 1. The summed E-state index contributed by atoms with van der Waals surface area (Å²) in [5.41, 5.74) is 6.49. The summed E-state index contributed by atoms with van der Waals surface area (Å²) in [6.45, 7) is 0.329. The van der Waals surface area contributed by atoms with Gasteiger partial charge in [-0.25, -0.2) is 0 Å². The molecule has 90 valence electrons. The van der Waals surface area contributed by atoms with E-state index in [0.29, 0.717) is 18.4 Å². The van der Waals surface area contributed by atoms with Crippen LogP contribution in [0.1, 0.15) is 24.8 Å². The monoisotopic (exact) mass is 231 g/mol. The first-order valence-corrected chi connectivity index (χ1v) is 6.20. The maximum absolute atomic E-state index is 12.0. The number of nitrogens with two attached hydrogens (primary N) is 1. The zero-order valence-electron chi connectivity index (χ0n) is 9.76. The molecule has 3 unspecified atom stereocenters. The quantitative estimate of drug-likeness (QED) is 0.808. The lowest BCUT2D eigenvalue weighted by molar-refractivity contribution is -0.152. The van der Waals surface area contributed by atoms with E-state index in [1.54, 1.807) is 0 Å². The van der Waals surface area contributed by atoms with Gasteiger partial charge in [0, 0.05) is 0 Å². The molecule has 2 aliphatic carbocycles. The summed E-state index contributed by atoms with van der Waals surface area (Å²) < 4.78 is 5.35. The van der Waals surface area contributed by atoms with Gasteiger partial charge >= 0.3 is 5.97 Å². The largest absolute Gasteiger partial charge is 0.459 e. The fraction of sp³-hybridized carbons (Fsp3) is 0.500. The molecule has 0 aliphatic heterocycles. The van der Waals surface area contributed by atoms with E-state index in [1.165, 1.54) is 0 Å². The van der Waals surface area contributed by atoms with Gasteiger partial charge in [-0.3, -0.25) is 4.79 Å². The predicted octanol–water partition coefficient (Wildman–Crippen LogP) is 1.86. The van der Waals surface area contributed by atoms with Crippen molar-refractivity contribution in [1.29, 1.82) is 0 Å². The molecule has 1 aromatic carbocycles. The average Bonchev–Trinajstić information content (AvgIpc) is 3.08. The van der Waals surface area contributed by atoms with Crippen molar-refractivity contribution in [2.75, 3.05) is 0 Å². The summed E-state index contributed by atoms with van der Waals surface area (Å²) in [5, 5.41) is 0. The van der Waals surface area contributed by atoms with Gasteiger partial charge in [-0.15, -0.1) is 0 Å². The predicted molar refractivity (Wildman–Crippen MR) is 64.0 cm³/mol. The molecular formula is C14H17NO2.